The number of nitrogens with two attached hydrogens (primary N) is 1. The third-order valence-corrected chi connectivity index (χ3v) is 2.85. The molecule has 1 aromatic rings. The molecule has 18 heavy (non-hydrogen) atoms. The number of amides is 1. The summed E-state index contributed by atoms with van der Waals surface area (Å²) in [4.78, 5) is 12.1. The van der Waals surface area contributed by atoms with Crippen LogP contribution in [0.15, 0.2) is 24.3 Å². The zero-order valence-corrected chi connectivity index (χ0v) is 11.7. The van der Waals surface area contributed by atoms with Crippen LogP contribution in [0.2, 0.25) is 0 Å². The lowest BCUT2D eigenvalue weighted by atomic mass is 9.83. The fourth-order valence-corrected chi connectivity index (χ4v) is 1.55. The summed E-state index contributed by atoms with van der Waals surface area (Å²) in [5, 5.41) is 2.76. The molecule has 0 bridgehead atoms. The molecule has 1 amide bonds. The Morgan fingerprint density at radius 2 is 2.00 bits per heavy atom. The summed E-state index contributed by atoms with van der Waals surface area (Å²) in [6, 6.07) is 6.20. The second kappa shape index (κ2) is 6.71. The summed E-state index contributed by atoms with van der Waals surface area (Å²) in [5.74, 6) is -0.589. The minimum absolute atomic E-state index is 0. The Kier molecular flexibility index (Phi) is 6.29. The minimum atomic E-state index is -0.908. The molecule has 1 aromatic carbocycles. The number of halogens is 2. The quantitative estimate of drug-likeness (QED) is 0.882. The maximum atomic E-state index is 13.7. The smallest absolute Gasteiger partial charge is 0.230 e. The van der Waals surface area contributed by atoms with Gasteiger partial charge in [-0.3, -0.25) is 4.79 Å². The Morgan fingerprint density at radius 1 is 1.44 bits per heavy atom. The topological polar surface area (TPSA) is 55.1 Å². The highest BCUT2D eigenvalue weighted by atomic mass is 35.5. The molecule has 0 unspecified atom stereocenters. The molecule has 3 N–H and O–H groups in total. The number of nitrogens with one attached hydrogen (secondary N) is 1. The van der Waals surface area contributed by atoms with Crippen molar-refractivity contribution in [2.75, 3.05) is 6.54 Å². The zero-order chi connectivity index (χ0) is 13.1. The minimum Gasteiger partial charge on any atom is -0.352 e. The van der Waals surface area contributed by atoms with Crippen molar-refractivity contribution in [3.8, 4) is 0 Å². The van der Waals surface area contributed by atoms with Gasteiger partial charge >= 0.3 is 0 Å². The summed E-state index contributed by atoms with van der Waals surface area (Å²) in [6.45, 7) is 5.57. The first kappa shape index (κ1) is 16.9. The number of carbonyl (C=O) groups is 1. The van der Waals surface area contributed by atoms with E-state index >= 15 is 0 Å². The van der Waals surface area contributed by atoms with E-state index in [2.05, 4.69) is 5.32 Å². The van der Waals surface area contributed by atoms with E-state index in [0.717, 1.165) is 0 Å². The molecule has 0 aliphatic heterocycles. The molecular formula is C13H20ClFN2O. The van der Waals surface area contributed by atoms with E-state index in [1.807, 2.05) is 6.92 Å². The molecule has 0 radical (unpaired) electrons. The number of benzene rings is 1. The van der Waals surface area contributed by atoms with Crippen molar-refractivity contribution >= 4 is 18.3 Å². The predicted octanol–water partition coefficient (Wildman–Crippen LogP) is 1.99. The summed E-state index contributed by atoms with van der Waals surface area (Å²) in [5.41, 5.74) is 4.93. The van der Waals surface area contributed by atoms with E-state index in [0.29, 0.717) is 12.1 Å². The first-order valence-electron chi connectivity index (χ1n) is 5.65. The Hall–Kier alpha value is -1.13. The number of hydrogen-bond acceptors (Lipinski definition) is 2. The fourth-order valence-electron chi connectivity index (χ4n) is 1.55. The van der Waals surface area contributed by atoms with Crippen LogP contribution < -0.4 is 11.1 Å². The maximum absolute atomic E-state index is 13.7. The second-order valence-electron chi connectivity index (χ2n) is 4.72. The van der Waals surface area contributed by atoms with Gasteiger partial charge in [0.05, 0.1) is 5.41 Å². The van der Waals surface area contributed by atoms with Gasteiger partial charge in [-0.25, -0.2) is 4.39 Å². The zero-order valence-electron chi connectivity index (χ0n) is 10.9. The SMILES string of the molecule is C[C@@H](CN)NC(=O)C(C)(C)c1ccccc1F.Cl. The average molecular weight is 275 g/mol. The van der Waals surface area contributed by atoms with Gasteiger partial charge in [0.1, 0.15) is 5.82 Å². The molecule has 102 valence electrons. The molecule has 0 fully saturated rings. The van der Waals surface area contributed by atoms with Gasteiger partial charge in [0.25, 0.3) is 0 Å². The highest BCUT2D eigenvalue weighted by molar-refractivity contribution is 5.87. The summed E-state index contributed by atoms with van der Waals surface area (Å²) >= 11 is 0. The predicted molar refractivity (Wildman–Crippen MR) is 73.3 cm³/mol. The van der Waals surface area contributed by atoms with Gasteiger partial charge in [-0.05, 0) is 26.8 Å². The first-order valence-corrected chi connectivity index (χ1v) is 5.65. The molecule has 0 aliphatic carbocycles. The molecule has 3 nitrogen and oxygen atoms in total. The highest BCUT2D eigenvalue weighted by Gasteiger charge is 2.32. The van der Waals surface area contributed by atoms with Gasteiger partial charge in [0.2, 0.25) is 5.91 Å². The molecule has 0 spiro atoms. The maximum Gasteiger partial charge on any atom is 0.230 e. The largest absolute Gasteiger partial charge is 0.352 e. The Bertz CT molecular complexity index is 410. The van der Waals surface area contributed by atoms with Crippen molar-refractivity contribution in [3.05, 3.63) is 35.6 Å². The van der Waals surface area contributed by atoms with Crippen molar-refractivity contribution < 1.29 is 9.18 Å². The molecule has 0 heterocycles. The third kappa shape index (κ3) is 3.68. The van der Waals surface area contributed by atoms with Crippen molar-refractivity contribution in [2.24, 2.45) is 5.73 Å². The molecule has 0 saturated carbocycles. The number of rotatable bonds is 4. The first-order chi connectivity index (χ1) is 7.89. The van der Waals surface area contributed by atoms with Crippen LogP contribution in [0, 0.1) is 5.82 Å². The van der Waals surface area contributed by atoms with Crippen LogP contribution in [-0.4, -0.2) is 18.5 Å². The number of hydrogen-bond donors (Lipinski definition) is 2. The van der Waals surface area contributed by atoms with E-state index in [-0.39, 0.29) is 30.2 Å². The van der Waals surface area contributed by atoms with E-state index in [9.17, 15) is 9.18 Å². The highest BCUT2D eigenvalue weighted by Crippen LogP contribution is 2.25. The summed E-state index contributed by atoms with van der Waals surface area (Å²) in [7, 11) is 0. The summed E-state index contributed by atoms with van der Waals surface area (Å²) < 4.78 is 13.7. The monoisotopic (exact) mass is 274 g/mol. The number of carbonyl (C=O) groups excluding carboxylic acids is 1. The van der Waals surface area contributed by atoms with Crippen molar-refractivity contribution in [1.82, 2.24) is 5.32 Å². The van der Waals surface area contributed by atoms with E-state index < -0.39 is 5.41 Å². The summed E-state index contributed by atoms with van der Waals surface area (Å²) in [6.07, 6.45) is 0. The second-order valence-corrected chi connectivity index (χ2v) is 4.72. The van der Waals surface area contributed by atoms with Crippen LogP contribution in [0.3, 0.4) is 0 Å². The van der Waals surface area contributed by atoms with Crippen LogP contribution >= 0.6 is 12.4 Å². The lowest BCUT2D eigenvalue weighted by molar-refractivity contribution is -0.126. The van der Waals surface area contributed by atoms with Crippen molar-refractivity contribution in [2.45, 2.75) is 32.2 Å². The average Bonchev–Trinajstić information content (AvgIpc) is 2.29. The van der Waals surface area contributed by atoms with Gasteiger partial charge in [0, 0.05) is 18.2 Å². The van der Waals surface area contributed by atoms with Gasteiger partial charge in [-0.1, -0.05) is 18.2 Å². The van der Waals surface area contributed by atoms with Gasteiger partial charge in [-0.2, -0.15) is 0 Å². The van der Waals surface area contributed by atoms with E-state index in [1.54, 1.807) is 32.0 Å². The van der Waals surface area contributed by atoms with E-state index in [1.165, 1.54) is 6.07 Å². The molecule has 0 saturated heterocycles. The Balaban J connectivity index is 0.00000289. The van der Waals surface area contributed by atoms with Crippen LogP contribution in [0.1, 0.15) is 26.3 Å². The Morgan fingerprint density at radius 3 is 2.50 bits per heavy atom. The lowest BCUT2D eigenvalue weighted by Crippen LogP contribution is -2.46. The third-order valence-electron chi connectivity index (χ3n) is 2.85. The van der Waals surface area contributed by atoms with Crippen molar-refractivity contribution in [1.29, 1.82) is 0 Å². The molecule has 1 atom stereocenters. The Labute approximate surface area is 113 Å². The van der Waals surface area contributed by atoms with Crippen LogP contribution in [-0.2, 0) is 10.2 Å². The normalized spacial score (nSPS) is 12.5. The van der Waals surface area contributed by atoms with Gasteiger partial charge in [-0.15, -0.1) is 12.4 Å². The molecule has 1 rings (SSSR count). The molecule has 0 aliphatic rings. The lowest BCUT2D eigenvalue weighted by Gasteiger charge is -2.26. The van der Waals surface area contributed by atoms with Crippen LogP contribution in [0.25, 0.3) is 0 Å². The van der Waals surface area contributed by atoms with Gasteiger partial charge in [0.15, 0.2) is 0 Å². The fraction of sp³-hybridized carbons (Fsp3) is 0.462. The van der Waals surface area contributed by atoms with Gasteiger partial charge < -0.3 is 11.1 Å². The van der Waals surface area contributed by atoms with Crippen LogP contribution in [0.4, 0.5) is 4.39 Å². The van der Waals surface area contributed by atoms with Crippen LogP contribution in [0.5, 0.6) is 0 Å². The van der Waals surface area contributed by atoms with Crippen molar-refractivity contribution in [3.63, 3.8) is 0 Å². The van der Waals surface area contributed by atoms with E-state index in [4.69, 9.17) is 5.73 Å². The molecule has 5 heteroatoms. The standard InChI is InChI=1S/C13H19FN2O.ClH/c1-9(8-15)16-12(17)13(2,3)10-6-4-5-7-11(10)14;/h4-7,9H,8,15H2,1-3H3,(H,16,17);1H/t9-;/m0./s1. The molecular weight excluding hydrogens is 255 g/mol. The molecule has 0 aromatic heterocycles.